The van der Waals surface area contributed by atoms with Crippen molar-refractivity contribution in [3.8, 4) is 0 Å². The minimum atomic E-state index is -1.01. The van der Waals surface area contributed by atoms with Crippen molar-refractivity contribution in [1.82, 2.24) is 4.98 Å². The van der Waals surface area contributed by atoms with Crippen molar-refractivity contribution in [2.45, 2.75) is 25.7 Å². The van der Waals surface area contributed by atoms with E-state index in [1.807, 2.05) is 0 Å². The Morgan fingerprint density at radius 2 is 2.27 bits per heavy atom. The molecule has 0 fully saturated rings. The number of carbonyl (C=O) groups excluding carboxylic acids is 1. The molecule has 0 radical (unpaired) electrons. The number of hydrogen-bond acceptors (Lipinski definition) is 3. The lowest BCUT2D eigenvalue weighted by atomic mass is 10.1. The molecule has 0 saturated carbocycles. The standard InChI is InChI=1S/C11H13NO3/c13-7-3-1-2-4-9-5-6-12-10(8-9)11(14)15/h5-8H,1-4H2,(H,14,15). The number of aromatic nitrogens is 1. The molecule has 1 heterocycles. The second-order valence-electron chi connectivity index (χ2n) is 3.27. The van der Waals surface area contributed by atoms with Gasteiger partial charge in [0.1, 0.15) is 12.0 Å². The average Bonchev–Trinajstić information content (AvgIpc) is 2.25. The van der Waals surface area contributed by atoms with E-state index in [1.165, 1.54) is 6.20 Å². The number of aryl methyl sites for hydroxylation is 1. The number of pyridine rings is 1. The summed E-state index contributed by atoms with van der Waals surface area (Å²) in [5.41, 5.74) is 1.02. The van der Waals surface area contributed by atoms with Crippen LogP contribution in [-0.4, -0.2) is 22.3 Å². The molecule has 0 aliphatic heterocycles. The molecule has 1 N–H and O–H groups in total. The molecule has 0 atom stereocenters. The second kappa shape index (κ2) is 5.90. The molecular weight excluding hydrogens is 194 g/mol. The first-order valence-electron chi connectivity index (χ1n) is 4.86. The number of rotatable bonds is 6. The molecule has 80 valence electrons. The normalized spacial score (nSPS) is 9.87. The van der Waals surface area contributed by atoms with Crippen molar-refractivity contribution in [3.63, 3.8) is 0 Å². The molecule has 0 bridgehead atoms. The number of hydrogen-bond donors (Lipinski definition) is 1. The summed E-state index contributed by atoms with van der Waals surface area (Å²) in [7, 11) is 0. The summed E-state index contributed by atoms with van der Waals surface area (Å²) in [4.78, 5) is 24.4. The summed E-state index contributed by atoms with van der Waals surface area (Å²) < 4.78 is 0. The predicted molar refractivity (Wildman–Crippen MR) is 54.8 cm³/mol. The van der Waals surface area contributed by atoms with Gasteiger partial charge in [-0.05, 0) is 37.0 Å². The first kappa shape index (κ1) is 11.4. The number of aldehydes is 1. The number of carboxylic acids is 1. The Morgan fingerprint density at radius 1 is 1.47 bits per heavy atom. The van der Waals surface area contributed by atoms with E-state index in [0.29, 0.717) is 6.42 Å². The summed E-state index contributed by atoms with van der Waals surface area (Å²) in [6, 6.07) is 3.37. The Kier molecular flexibility index (Phi) is 4.47. The van der Waals surface area contributed by atoms with Crippen molar-refractivity contribution in [1.29, 1.82) is 0 Å². The Morgan fingerprint density at radius 3 is 2.93 bits per heavy atom. The van der Waals surface area contributed by atoms with E-state index in [9.17, 15) is 9.59 Å². The van der Waals surface area contributed by atoms with Crippen LogP contribution >= 0.6 is 0 Å². The Balaban J connectivity index is 2.50. The quantitative estimate of drug-likeness (QED) is 0.569. The van der Waals surface area contributed by atoms with Crippen LogP contribution in [0.4, 0.5) is 0 Å². The lowest BCUT2D eigenvalue weighted by Crippen LogP contribution is -2.00. The van der Waals surface area contributed by atoms with Crippen LogP contribution < -0.4 is 0 Å². The van der Waals surface area contributed by atoms with Gasteiger partial charge in [-0.3, -0.25) is 0 Å². The summed E-state index contributed by atoms with van der Waals surface area (Å²) in [5, 5.41) is 8.71. The molecule has 4 heteroatoms. The maximum atomic E-state index is 10.6. The third-order valence-corrected chi connectivity index (χ3v) is 2.08. The third kappa shape index (κ3) is 3.89. The number of nitrogens with zero attached hydrogens (tertiary/aromatic N) is 1. The maximum absolute atomic E-state index is 10.6. The highest BCUT2D eigenvalue weighted by Gasteiger charge is 2.04. The van der Waals surface area contributed by atoms with Gasteiger partial charge in [0, 0.05) is 12.6 Å². The van der Waals surface area contributed by atoms with Gasteiger partial charge in [-0.1, -0.05) is 0 Å². The zero-order chi connectivity index (χ0) is 11.1. The van der Waals surface area contributed by atoms with E-state index in [0.717, 1.165) is 31.1 Å². The second-order valence-corrected chi connectivity index (χ2v) is 3.27. The van der Waals surface area contributed by atoms with E-state index in [1.54, 1.807) is 12.1 Å². The van der Waals surface area contributed by atoms with Gasteiger partial charge < -0.3 is 9.90 Å². The zero-order valence-electron chi connectivity index (χ0n) is 8.35. The van der Waals surface area contributed by atoms with Gasteiger partial charge in [0.25, 0.3) is 0 Å². The first-order valence-corrected chi connectivity index (χ1v) is 4.86. The molecule has 15 heavy (non-hydrogen) atoms. The largest absolute Gasteiger partial charge is 0.477 e. The predicted octanol–water partition coefficient (Wildman–Crippen LogP) is 1.69. The third-order valence-electron chi connectivity index (χ3n) is 2.08. The summed E-state index contributed by atoms with van der Waals surface area (Å²) in [6.07, 6.45) is 5.48. The molecule has 1 rings (SSSR count). The van der Waals surface area contributed by atoms with Gasteiger partial charge in [0.05, 0.1) is 0 Å². The van der Waals surface area contributed by atoms with Crippen LogP contribution in [0.25, 0.3) is 0 Å². The summed E-state index contributed by atoms with van der Waals surface area (Å²) in [6.45, 7) is 0. The van der Waals surface area contributed by atoms with Crippen molar-refractivity contribution < 1.29 is 14.7 Å². The molecular formula is C11H13NO3. The lowest BCUT2D eigenvalue weighted by Gasteiger charge is -2.00. The number of carbonyl (C=O) groups is 2. The minimum Gasteiger partial charge on any atom is -0.477 e. The molecule has 0 aliphatic rings. The van der Waals surface area contributed by atoms with Gasteiger partial charge in [-0.2, -0.15) is 0 Å². The van der Waals surface area contributed by atoms with Crippen LogP contribution in [0.2, 0.25) is 0 Å². The molecule has 4 nitrogen and oxygen atoms in total. The average molecular weight is 207 g/mol. The summed E-state index contributed by atoms with van der Waals surface area (Å²) in [5.74, 6) is -1.01. The van der Waals surface area contributed by atoms with Crippen molar-refractivity contribution in [3.05, 3.63) is 29.6 Å². The van der Waals surface area contributed by atoms with E-state index >= 15 is 0 Å². The van der Waals surface area contributed by atoms with Gasteiger partial charge in [0.2, 0.25) is 0 Å². The molecule has 1 aromatic heterocycles. The van der Waals surface area contributed by atoms with Gasteiger partial charge in [-0.25, -0.2) is 9.78 Å². The van der Waals surface area contributed by atoms with Crippen LogP contribution in [0.5, 0.6) is 0 Å². The maximum Gasteiger partial charge on any atom is 0.354 e. The van der Waals surface area contributed by atoms with Crippen LogP contribution in [-0.2, 0) is 11.2 Å². The Bertz CT molecular complexity index is 349. The fraction of sp³-hybridized carbons (Fsp3) is 0.364. The van der Waals surface area contributed by atoms with E-state index in [2.05, 4.69) is 4.98 Å². The summed E-state index contributed by atoms with van der Waals surface area (Å²) >= 11 is 0. The minimum absolute atomic E-state index is 0.0721. The molecule has 0 spiro atoms. The molecule has 0 aliphatic carbocycles. The van der Waals surface area contributed by atoms with Crippen LogP contribution in [0.3, 0.4) is 0 Å². The van der Waals surface area contributed by atoms with Crippen molar-refractivity contribution in [2.24, 2.45) is 0 Å². The highest BCUT2D eigenvalue weighted by atomic mass is 16.4. The van der Waals surface area contributed by atoms with Crippen LogP contribution in [0.1, 0.15) is 35.3 Å². The Hall–Kier alpha value is -1.71. The fourth-order valence-corrected chi connectivity index (χ4v) is 1.30. The topological polar surface area (TPSA) is 67.3 Å². The Labute approximate surface area is 88.0 Å². The van der Waals surface area contributed by atoms with Crippen LogP contribution in [0, 0.1) is 0 Å². The highest BCUT2D eigenvalue weighted by Crippen LogP contribution is 2.07. The number of unbranched alkanes of at least 4 members (excludes halogenated alkanes) is 2. The molecule has 0 amide bonds. The van der Waals surface area contributed by atoms with Gasteiger partial charge in [0.15, 0.2) is 0 Å². The van der Waals surface area contributed by atoms with E-state index < -0.39 is 5.97 Å². The molecule has 1 aromatic rings. The van der Waals surface area contributed by atoms with Crippen molar-refractivity contribution in [2.75, 3.05) is 0 Å². The molecule has 0 aromatic carbocycles. The van der Waals surface area contributed by atoms with Crippen LogP contribution in [0.15, 0.2) is 18.3 Å². The zero-order valence-corrected chi connectivity index (χ0v) is 8.35. The van der Waals surface area contributed by atoms with E-state index in [4.69, 9.17) is 5.11 Å². The number of carboxylic acid groups (broad SMARTS) is 1. The first-order chi connectivity index (χ1) is 7.24. The lowest BCUT2D eigenvalue weighted by molar-refractivity contribution is -0.107. The number of aromatic carboxylic acids is 1. The van der Waals surface area contributed by atoms with E-state index in [-0.39, 0.29) is 5.69 Å². The highest BCUT2D eigenvalue weighted by molar-refractivity contribution is 5.85. The van der Waals surface area contributed by atoms with Crippen molar-refractivity contribution >= 4 is 12.3 Å². The molecule has 0 unspecified atom stereocenters. The molecule has 0 saturated heterocycles. The van der Waals surface area contributed by atoms with Gasteiger partial charge >= 0.3 is 5.97 Å². The SMILES string of the molecule is O=CCCCCc1ccnc(C(=O)O)c1. The fourth-order valence-electron chi connectivity index (χ4n) is 1.30. The smallest absolute Gasteiger partial charge is 0.354 e. The van der Waals surface area contributed by atoms with Gasteiger partial charge in [-0.15, -0.1) is 0 Å². The monoisotopic (exact) mass is 207 g/mol.